The number of carbonyl (C=O) groups excluding carboxylic acids is 1. The molecule has 2 aromatic heterocycles. The lowest BCUT2D eigenvalue weighted by Crippen LogP contribution is -2.28. The minimum absolute atomic E-state index is 0.0981. The Bertz CT molecular complexity index is 997. The SMILES string of the molecule is CCOCCCNC(=O)CCn1cnc2onc(-c3ccc(F)cc3)c2c1=O. The van der Waals surface area contributed by atoms with Gasteiger partial charge in [-0.2, -0.15) is 0 Å². The summed E-state index contributed by atoms with van der Waals surface area (Å²) in [5.41, 5.74) is 0.571. The number of aromatic nitrogens is 3. The first-order chi connectivity index (χ1) is 13.6. The van der Waals surface area contributed by atoms with Gasteiger partial charge < -0.3 is 14.6 Å². The van der Waals surface area contributed by atoms with Gasteiger partial charge in [-0.15, -0.1) is 0 Å². The highest BCUT2D eigenvalue weighted by Gasteiger charge is 2.17. The Morgan fingerprint density at radius 1 is 1.32 bits per heavy atom. The van der Waals surface area contributed by atoms with Gasteiger partial charge in [0.1, 0.15) is 23.2 Å². The molecule has 0 fully saturated rings. The molecule has 1 amide bonds. The summed E-state index contributed by atoms with van der Waals surface area (Å²) in [4.78, 5) is 28.8. The Morgan fingerprint density at radius 3 is 2.86 bits per heavy atom. The topological polar surface area (TPSA) is 99.2 Å². The normalized spacial score (nSPS) is 11.1. The van der Waals surface area contributed by atoms with E-state index in [2.05, 4.69) is 15.5 Å². The molecule has 1 aromatic carbocycles. The number of aryl methyl sites for hydroxylation is 1. The van der Waals surface area contributed by atoms with Gasteiger partial charge in [-0.05, 0) is 37.6 Å². The van der Waals surface area contributed by atoms with Gasteiger partial charge in [0.25, 0.3) is 11.3 Å². The van der Waals surface area contributed by atoms with Crippen LogP contribution in [0.2, 0.25) is 0 Å². The summed E-state index contributed by atoms with van der Waals surface area (Å²) in [6, 6.07) is 5.58. The quantitative estimate of drug-likeness (QED) is 0.564. The van der Waals surface area contributed by atoms with Gasteiger partial charge in [-0.3, -0.25) is 14.2 Å². The van der Waals surface area contributed by atoms with Crippen LogP contribution in [0.5, 0.6) is 0 Å². The molecular formula is C19H21FN4O4. The minimum atomic E-state index is -0.389. The maximum Gasteiger partial charge on any atom is 0.266 e. The summed E-state index contributed by atoms with van der Waals surface area (Å²) in [7, 11) is 0. The fraction of sp³-hybridized carbons (Fsp3) is 0.368. The molecule has 0 saturated heterocycles. The second kappa shape index (κ2) is 9.23. The van der Waals surface area contributed by atoms with Crippen molar-refractivity contribution in [3.8, 4) is 11.3 Å². The van der Waals surface area contributed by atoms with Gasteiger partial charge in [0.15, 0.2) is 0 Å². The number of halogens is 1. The van der Waals surface area contributed by atoms with Crippen LogP contribution in [-0.2, 0) is 16.1 Å². The molecule has 0 radical (unpaired) electrons. The van der Waals surface area contributed by atoms with Crippen molar-refractivity contribution in [2.45, 2.75) is 26.3 Å². The van der Waals surface area contributed by atoms with E-state index in [1.165, 1.54) is 35.2 Å². The van der Waals surface area contributed by atoms with Crippen molar-refractivity contribution in [3.05, 3.63) is 46.8 Å². The van der Waals surface area contributed by atoms with Gasteiger partial charge in [0.2, 0.25) is 5.91 Å². The van der Waals surface area contributed by atoms with Gasteiger partial charge in [0.05, 0.1) is 0 Å². The number of hydrogen-bond donors (Lipinski definition) is 1. The molecule has 2 heterocycles. The Kier molecular flexibility index (Phi) is 6.49. The van der Waals surface area contributed by atoms with Crippen molar-refractivity contribution in [2.75, 3.05) is 19.8 Å². The average molecular weight is 388 g/mol. The Balaban J connectivity index is 1.70. The highest BCUT2D eigenvalue weighted by atomic mass is 19.1. The fourth-order valence-electron chi connectivity index (χ4n) is 2.70. The third-order valence-corrected chi connectivity index (χ3v) is 4.15. The summed E-state index contributed by atoms with van der Waals surface area (Å²) in [5.74, 6) is -0.549. The lowest BCUT2D eigenvalue weighted by Gasteiger charge is -2.07. The van der Waals surface area contributed by atoms with Crippen LogP contribution in [-0.4, -0.2) is 40.4 Å². The molecule has 3 rings (SSSR count). The maximum absolute atomic E-state index is 13.1. The van der Waals surface area contributed by atoms with E-state index in [1.807, 2.05) is 6.92 Å². The third-order valence-electron chi connectivity index (χ3n) is 4.15. The van der Waals surface area contributed by atoms with Crippen LogP contribution in [0.25, 0.3) is 22.4 Å². The molecule has 0 bridgehead atoms. The number of hydrogen-bond acceptors (Lipinski definition) is 6. The van der Waals surface area contributed by atoms with E-state index in [0.717, 1.165) is 6.42 Å². The number of amides is 1. The van der Waals surface area contributed by atoms with Gasteiger partial charge in [0, 0.05) is 38.3 Å². The molecule has 0 aliphatic carbocycles. The zero-order valence-corrected chi connectivity index (χ0v) is 15.5. The van der Waals surface area contributed by atoms with Crippen LogP contribution in [0, 0.1) is 5.82 Å². The fourth-order valence-corrected chi connectivity index (χ4v) is 2.70. The van der Waals surface area contributed by atoms with E-state index in [1.54, 1.807) is 0 Å². The number of benzene rings is 1. The van der Waals surface area contributed by atoms with E-state index in [-0.39, 0.29) is 41.3 Å². The average Bonchev–Trinajstić information content (AvgIpc) is 3.13. The summed E-state index contributed by atoms with van der Waals surface area (Å²) in [6.45, 7) is 3.85. The number of carbonyl (C=O) groups is 1. The predicted octanol–water partition coefficient (Wildman–Crippen LogP) is 2.12. The molecule has 1 N–H and O–H groups in total. The molecule has 148 valence electrons. The van der Waals surface area contributed by atoms with Crippen molar-refractivity contribution in [1.29, 1.82) is 0 Å². The van der Waals surface area contributed by atoms with Crippen LogP contribution < -0.4 is 10.9 Å². The van der Waals surface area contributed by atoms with E-state index in [0.29, 0.717) is 31.0 Å². The lowest BCUT2D eigenvalue weighted by atomic mass is 10.1. The highest BCUT2D eigenvalue weighted by molar-refractivity contribution is 5.88. The van der Waals surface area contributed by atoms with Crippen molar-refractivity contribution in [1.82, 2.24) is 20.0 Å². The molecule has 3 aromatic rings. The van der Waals surface area contributed by atoms with Gasteiger partial charge in [-0.25, -0.2) is 9.37 Å². The van der Waals surface area contributed by atoms with Crippen molar-refractivity contribution in [3.63, 3.8) is 0 Å². The highest BCUT2D eigenvalue weighted by Crippen LogP contribution is 2.24. The number of ether oxygens (including phenoxy) is 1. The zero-order valence-electron chi connectivity index (χ0n) is 15.5. The summed E-state index contributed by atoms with van der Waals surface area (Å²) >= 11 is 0. The van der Waals surface area contributed by atoms with Crippen molar-refractivity contribution in [2.24, 2.45) is 0 Å². The van der Waals surface area contributed by atoms with E-state index < -0.39 is 0 Å². The second-order valence-electron chi connectivity index (χ2n) is 6.11. The van der Waals surface area contributed by atoms with Crippen molar-refractivity contribution >= 4 is 17.0 Å². The summed E-state index contributed by atoms with van der Waals surface area (Å²) in [5, 5.41) is 6.88. The first-order valence-electron chi connectivity index (χ1n) is 9.05. The standard InChI is InChI=1S/C19H21FN4O4/c1-2-27-11-3-9-21-15(25)8-10-24-12-22-18-16(19(24)26)17(23-28-18)13-4-6-14(20)7-5-13/h4-7,12H,2-3,8-11H2,1H3,(H,21,25). The molecular weight excluding hydrogens is 367 g/mol. The molecule has 0 spiro atoms. The van der Waals surface area contributed by atoms with Gasteiger partial charge in [-0.1, -0.05) is 5.16 Å². The number of nitrogens with zero attached hydrogens (tertiary/aromatic N) is 3. The van der Waals surface area contributed by atoms with E-state index in [9.17, 15) is 14.0 Å². The van der Waals surface area contributed by atoms with Crippen LogP contribution in [0.1, 0.15) is 19.8 Å². The Labute approximate surface area is 160 Å². The molecule has 8 nitrogen and oxygen atoms in total. The summed E-state index contributed by atoms with van der Waals surface area (Å²) in [6.07, 6.45) is 2.19. The first-order valence-corrected chi connectivity index (χ1v) is 9.05. The van der Waals surface area contributed by atoms with Crippen molar-refractivity contribution < 1.29 is 18.4 Å². The molecule has 0 atom stereocenters. The molecule has 0 aliphatic heterocycles. The molecule has 28 heavy (non-hydrogen) atoms. The molecule has 0 unspecified atom stereocenters. The number of rotatable bonds is 9. The molecule has 0 saturated carbocycles. The molecule has 9 heteroatoms. The lowest BCUT2D eigenvalue weighted by molar-refractivity contribution is -0.121. The zero-order chi connectivity index (χ0) is 19.9. The second-order valence-corrected chi connectivity index (χ2v) is 6.11. The Hall–Kier alpha value is -3.07. The first kappa shape index (κ1) is 19.7. The number of nitrogens with one attached hydrogen (secondary N) is 1. The largest absolute Gasteiger partial charge is 0.382 e. The van der Waals surface area contributed by atoms with Gasteiger partial charge >= 0.3 is 0 Å². The predicted molar refractivity (Wildman–Crippen MR) is 100 cm³/mol. The Morgan fingerprint density at radius 2 is 2.11 bits per heavy atom. The monoisotopic (exact) mass is 388 g/mol. The van der Waals surface area contributed by atoms with E-state index >= 15 is 0 Å². The van der Waals surface area contributed by atoms with Crippen LogP contribution in [0.4, 0.5) is 4.39 Å². The number of fused-ring (bicyclic) bond motifs is 1. The minimum Gasteiger partial charge on any atom is -0.382 e. The van der Waals surface area contributed by atoms with Crippen LogP contribution in [0.3, 0.4) is 0 Å². The summed E-state index contributed by atoms with van der Waals surface area (Å²) < 4.78 is 24.8. The van der Waals surface area contributed by atoms with Crippen LogP contribution in [0.15, 0.2) is 39.9 Å². The third kappa shape index (κ3) is 4.61. The maximum atomic E-state index is 13.1. The van der Waals surface area contributed by atoms with E-state index in [4.69, 9.17) is 9.26 Å². The smallest absolute Gasteiger partial charge is 0.266 e. The molecule has 0 aliphatic rings. The van der Waals surface area contributed by atoms with Crippen LogP contribution >= 0.6 is 0 Å².